The van der Waals surface area contributed by atoms with E-state index in [0.29, 0.717) is 12.6 Å². The van der Waals surface area contributed by atoms with Crippen molar-refractivity contribution in [1.82, 2.24) is 20.4 Å². The van der Waals surface area contributed by atoms with Crippen LogP contribution in [-0.2, 0) is 6.54 Å². The van der Waals surface area contributed by atoms with E-state index in [-0.39, 0.29) is 12.1 Å². The summed E-state index contributed by atoms with van der Waals surface area (Å²) < 4.78 is 1.86. The molecule has 0 aliphatic heterocycles. The van der Waals surface area contributed by atoms with E-state index in [1.807, 2.05) is 30.8 Å². The normalized spacial score (nSPS) is 18.0. The molecule has 1 fully saturated rings. The maximum Gasteiger partial charge on any atom is 0.315 e. The lowest BCUT2D eigenvalue weighted by Crippen LogP contribution is -2.47. The van der Waals surface area contributed by atoms with E-state index in [2.05, 4.69) is 15.7 Å². The van der Waals surface area contributed by atoms with Gasteiger partial charge in [-0.3, -0.25) is 4.68 Å². The molecule has 19 heavy (non-hydrogen) atoms. The van der Waals surface area contributed by atoms with Gasteiger partial charge >= 0.3 is 6.03 Å². The van der Waals surface area contributed by atoms with Crippen LogP contribution < -0.4 is 10.6 Å². The Balaban J connectivity index is 1.71. The van der Waals surface area contributed by atoms with Crippen molar-refractivity contribution in [2.24, 2.45) is 0 Å². The van der Waals surface area contributed by atoms with Crippen molar-refractivity contribution in [2.75, 3.05) is 0 Å². The van der Waals surface area contributed by atoms with Crippen LogP contribution in [0.15, 0.2) is 12.3 Å². The molecule has 1 heterocycles. The van der Waals surface area contributed by atoms with Gasteiger partial charge in [0, 0.05) is 18.3 Å². The molecule has 1 aromatic heterocycles. The number of nitrogens with one attached hydrogen (secondary N) is 2. The second kappa shape index (κ2) is 6.59. The fourth-order valence-electron chi connectivity index (χ4n) is 2.59. The van der Waals surface area contributed by atoms with Crippen molar-refractivity contribution in [3.63, 3.8) is 0 Å². The number of urea groups is 1. The number of aromatic nitrogens is 2. The lowest BCUT2D eigenvalue weighted by atomic mass is 9.96. The Morgan fingerprint density at radius 1 is 1.47 bits per heavy atom. The summed E-state index contributed by atoms with van der Waals surface area (Å²) in [5.74, 6) is 0. The average molecular weight is 264 g/mol. The van der Waals surface area contributed by atoms with Crippen molar-refractivity contribution in [3.05, 3.63) is 18.0 Å². The minimum absolute atomic E-state index is 0.0525. The Morgan fingerprint density at radius 3 is 2.84 bits per heavy atom. The lowest BCUT2D eigenvalue weighted by molar-refractivity contribution is 0.228. The molecule has 1 atom stereocenters. The van der Waals surface area contributed by atoms with Crippen LogP contribution in [0.25, 0.3) is 0 Å². The number of carbonyl (C=O) groups is 1. The second-order valence-corrected chi connectivity index (χ2v) is 5.53. The molecular formula is C14H24N4O. The standard InChI is InChI=1S/C14H24N4O/c1-11-8-9-18(17-11)10-12(2)15-14(19)16-13-6-4-3-5-7-13/h8-9,12-13H,3-7,10H2,1-2H3,(H2,15,16,19)/t12-/m0/s1. The first kappa shape index (κ1) is 13.9. The van der Waals surface area contributed by atoms with Crippen molar-refractivity contribution < 1.29 is 4.79 Å². The number of amides is 2. The second-order valence-electron chi connectivity index (χ2n) is 5.53. The van der Waals surface area contributed by atoms with Gasteiger partial charge in [-0.25, -0.2) is 4.79 Å². The van der Waals surface area contributed by atoms with Gasteiger partial charge in [-0.2, -0.15) is 5.10 Å². The van der Waals surface area contributed by atoms with E-state index in [4.69, 9.17) is 0 Å². The fourth-order valence-corrected chi connectivity index (χ4v) is 2.59. The van der Waals surface area contributed by atoms with E-state index in [9.17, 15) is 4.79 Å². The molecule has 0 radical (unpaired) electrons. The predicted octanol–water partition coefficient (Wildman–Crippen LogP) is 2.21. The summed E-state index contributed by atoms with van der Waals surface area (Å²) in [4.78, 5) is 11.9. The van der Waals surface area contributed by atoms with Gasteiger partial charge in [0.1, 0.15) is 0 Å². The van der Waals surface area contributed by atoms with Crippen molar-refractivity contribution in [1.29, 1.82) is 0 Å². The minimum atomic E-state index is -0.0525. The third-order valence-corrected chi connectivity index (χ3v) is 3.55. The molecule has 0 saturated heterocycles. The molecule has 1 aliphatic rings. The summed E-state index contributed by atoms with van der Waals surface area (Å²) in [5.41, 5.74) is 0.999. The molecule has 2 N–H and O–H groups in total. The zero-order chi connectivity index (χ0) is 13.7. The molecule has 1 aromatic rings. The minimum Gasteiger partial charge on any atom is -0.335 e. The van der Waals surface area contributed by atoms with Crippen LogP contribution in [0.3, 0.4) is 0 Å². The summed E-state index contributed by atoms with van der Waals surface area (Å²) in [6.45, 7) is 4.66. The van der Waals surface area contributed by atoms with Crippen molar-refractivity contribution in [2.45, 2.75) is 64.6 Å². The average Bonchev–Trinajstić information content (AvgIpc) is 2.75. The summed E-state index contributed by atoms with van der Waals surface area (Å²) in [7, 11) is 0. The van der Waals surface area contributed by atoms with Gasteiger partial charge in [-0.1, -0.05) is 19.3 Å². The molecule has 1 saturated carbocycles. The molecule has 5 heteroatoms. The molecule has 2 rings (SSSR count). The van der Waals surface area contributed by atoms with E-state index in [1.54, 1.807) is 0 Å². The van der Waals surface area contributed by atoms with E-state index in [0.717, 1.165) is 18.5 Å². The quantitative estimate of drug-likeness (QED) is 0.876. The molecule has 2 amide bonds. The van der Waals surface area contributed by atoms with Gasteiger partial charge in [0.25, 0.3) is 0 Å². The van der Waals surface area contributed by atoms with E-state index < -0.39 is 0 Å². The van der Waals surface area contributed by atoms with Gasteiger partial charge in [-0.05, 0) is 32.8 Å². The Hall–Kier alpha value is -1.52. The van der Waals surface area contributed by atoms with Gasteiger partial charge in [-0.15, -0.1) is 0 Å². The molecule has 5 nitrogen and oxygen atoms in total. The maximum absolute atomic E-state index is 11.9. The first-order valence-corrected chi connectivity index (χ1v) is 7.20. The highest BCUT2D eigenvalue weighted by atomic mass is 16.2. The molecule has 1 aliphatic carbocycles. The number of hydrogen-bond donors (Lipinski definition) is 2. The molecule has 0 unspecified atom stereocenters. The van der Waals surface area contributed by atoms with Gasteiger partial charge in [0.2, 0.25) is 0 Å². The third kappa shape index (κ3) is 4.58. The maximum atomic E-state index is 11.9. The van der Waals surface area contributed by atoms with Gasteiger partial charge in [0.05, 0.1) is 12.2 Å². The van der Waals surface area contributed by atoms with E-state index >= 15 is 0 Å². The van der Waals surface area contributed by atoms with Crippen LogP contribution in [0, 0.1) is 6.92 Å². The zero-order valence-corrected chi connectivity index (χ0v) is 11.9. The Morgan fingerprint density at radius 2 is 2.21 bits per heavy atom. The molecule has 0 bridgehead atoms. The summed E-state index contributed by atoms with van der Waals surface area (Å²) >= 11 is 0. The predicted molar refractivity (Wildman–Crippen MR) is 75.0 cm³/mol. The molecule has 106 valence electrons. The number of carbonyl (C=O) groups excluding carboxylic acids is 1. The summed E-state index contributed by atoms with van der Waals surface area (Å²) in [5, 5.41) is 10.4. The first-order valence-electron chi connectivity index (χ1n) is 7.20. The SMILES string of the molecule is Cc1ccn(C[C@H](C)NC(=O)NC2CCCCC2)n1. The monoisotopic (exact) mass is 264 g/mol. The number of nitrogens with zero attached hydrogens (tertiary/aromatic N) is 2. The lowest BCUT2D eigenvalue weighted by Gasteiger charge is -2.24. The number of hydrogen-bond acceptors (Lipinski definition) is 2. The van der Waals surface area contributed by atoms with Crippen LogP contribution in [0.2, 0.25) is 0 Å². The Bertz CT molecular complexity index is 409. The van der Waals surface area contributed by atoms with Crippen molar-refractivity contribution >= 4 is 6.03 Å². The third-order valence-electron chi connectivity index (χ3n) is 3.55. The van der Waals surface area contributed by atoms with Crippen LogP contribution >= 0.6 is 0 Å². The van der Waals surface area contributed by atoms with Gasteiger partial charge in [0.15, 0.2) is 0 Å². The first-order chi connectivity index (χ1) is 9.13. The zero-order valence-electron chi connectivity index (χ0n) is 11.9. The summed E-state index contributed by atoms with van der Waals surface area (Å²) in [6.07, 6.45) is 7.92. The molecular weight excluding hydrogens is 240 g/mol. The van der Waals surface area contributed by atoms with E-state index in [1.165, 1.54) is 19.3 Å². The smallest absolute Gasteiger partial charge is 0.315 e. The molecule has 0 aromatic carbocycles. The topological polar surface area (TPSA) is 59.0 Å². The van der Waals surface area contributed by atoms with Crippen LogP contribution in [0.4, 0.5) is 4.79 Å². The number of rotatable bonds is 4. The van der Waals surface area contributed by atoms with Crippen molar-refractivity contribution in [3.8, 4) is 0 Å². The highest BCUT2D eigenvalue weighted by Crippen LogP contribution is 2.17. The van der Waals surface area contributed by atoms with Crippen LogP contribution in [0.1, 0.15) is 44.7 Å². The number of aryl methyl sites for hydroxylation is 1. The summed E-state index contributed by atoms with van der Waals surface area (Å²) in [6, 6.07) is 2.34. The van der Waals surface area contributed by atoms with Crippen LogP contribution in [-0.4, -0.2) is 27.9 Å². The van der Waals surface area contributed by atoms with Crippen LogP contribution in [0.5, 0.6) is 0 Å². The van der Waals surface area contributed by atoms with Gasteiger partial charge < -0.3 is 10.6 Å². The highest BCUT2D eigenvalue weighted by molar-refractivity contribution is 5.74. The molecule has 0 spiro atoms. The Labute approximate surface area is 114 Å². The Kier molecular flexibility index (Phi) is 4.82. The largest absolute Gasteiger partial charge is 0.335 e. The highest BCUT2D eigenvalue weighted by Gasteiger charge is 2.16. The fraction of sp³-hybridized carbons (Fsp3) is 0.714.